The summed E-state index contributed by atoms with van der Waals surface area (Å²) in [6.07, 6.45) is 0.633. The molecule has 1 amide bonds. The number of nitrogens with zero attached hydrogens (tertiary/aromatic N) is 2. The molecule has 1 aliphatic heterocycles. The van der Waals surface area contributed by atoms with Crippen molar-refractivity contribution in [3.8, 4) is 0 Å². The minimum atomic E-state index is -0.277. The van der Waals surface area contributed by atoms with Crippen molar-refractivity contribution in [3.05, 3.63) is 71.0 Å². The Morgan fingerprint density at radius 3 is 2.36 bits per heavy atom. The Hall–Kier alpha value is -2.49. The highest BCUT2D eigenvalue weighted by atomic mass is 19.1. The second-order valence-electron chi connectivity index (χ2n) is 5.55. The predicted octanol–water partition coefficient (Wildman–Crippen LogP) is 3.83. The molecular formula is C18H17FN2O. The van der Waals surface area contributed by atoms with E-state index in [1.807, 2.05) is 31.2 Å². The van der Waals surface area contributed by atoms with E-state index < -0.39 is 0 Å². The lowest BCUT2D eigenvalue weighted by molar-refractivity contribution is -0.130. The van der Waals surface area contributed by atoms with Crippen LogP contribution in [0.5, 0.6) is 0 Å². The van der Waals surface area contributed by atoms with Crippen LogP contribution in [-0.4, -0.2) is 16.6 Å². The van der Waals surface area contributed by atoms with Gasteiger partial charge < -0.3 is 0 Å². The van der Waals surface area contributed by atoms with Gasteiger partial charge in [-0.05, 0) is 30.2 Å². The van der Waals surface area contributed by atoms with Crippen molar-refractivity contribution in [2.24, 2.45) is 5.10 Å². The number of aryl methyl sites for hydroxylation is 1. The van der Waals surface area contributed by atoms with Gasteiger partial charge in [0.15, 0.2) is 0 Å². The van der Waals surface area contributed by atoms with Gasteiger partial charge in [0, 0.05) is 13.3 Å². The van der Waals surface area contributed by atoms with E-state index in [-0.39, 0.29) is 17.8 Å². The molecule has 112 valence electrons. The van der Waals surface area contributed by atoms with Crippen LogP contribution >= 0.6 is 0 Å². The van der Waals surface area contributed by atoms with E-state index in [4.69, 9.17) is 0 Å². The third-order valence-corrected chi connectivity index (χ3v) is 3.87. The van der Waals surface area contributed by atoms with Gasteiger partial charge in [-0.3, -0.25) is 4.79 Å². The van der Waals surface area contributed by atoms with Gasteiger partial charge in [-0.2, -0.15) is 5.10 Å². The van der Waals surface area contributed by atoms with Gasteiger partial charge in [0.05, 0.1) is 11.8 Å². The van der Waals surface area contributed by atoms with Crippen LogP contribution in [0.25, 0.3) is 0 Å². The van der Waals surface area contributed by atoms with E-state index in [2.05, 4.69) is 5.10 Å². The van der Waals surface area contributed by atoms with Crippen molar-refractivity contribution in [1.29, 1.82) is 0 Å². The minimum absolute atomic E-state index is 0.0947. The van der Waals surface area contributed by atoms with Gasteiger partial charge >= 0.3 is 0 Å². The Bertz CT molecular complexity index is 720. The highest BCUT2D eigenvalue weighted by Gasteiger charge is 2.31. The quantitative estimate of drug-likeness (QED) is 0.829. The molecule has 3 rings (SSSR count). The molecule has 1 aliphatic rings. The molecule has 1 heterocycles. The maximum absolute atomic E-state index is 13.1. The number of hydrogen-bond donors (Lipinski definition) is 0. The second-order valence-corrected chi connectivity index (χ2v) is 5.55. The van der Waals surface area contributed by atoms with E-state index in [9.17, 15) is 9.18 Å². The average molecular weight is 296 g/mol. The topological polar surface area (TPSA) is 32.7 Å². The van der Waals surface area contributed by atoms with Gasteiger partial charge in [-0.1, -0.05) is 42.0 Å². The predicted molar refractivity (Wildman–Crippen MR) is 84.0 cm³/mol. The second kappa shape index (κ2) is 5.72. The molecule has 0 N–H and O–H groups in total. The molecule has 1 atom stereocenters. The smallest absolute Gasteiger partial charge is 0.240 e. The number of amides is 1. The molecule has 0 fully saturated rings. The van der Waals surface area contributed by atoms with Crippen molar-refractivity contribution in [3.63, 3.8) is 0 Å². The summed E-state index contributed by atoms with van der Waals surface area (Å²) in [5.41, 5.74) is 3.89. The molecule has 0 aromatic heterocycles. The van der Waals surface area contributed by atoms with Gasteiger partial charge in [0.2, 0.25) is 5.91 Å². The lowest BCUT2D eigenvalue weighted by Gasteiger charge is -2.20. The Kier molecular flexibility index (Phi) is 3.75. The Labute approximate surface area is 129 Å². The fourth-order valence-corrected chi connectivity index (χ4v) is 2.67. The lowest BCUT2D eigenvalue weighted by atomic mass is 9.98. The Morgan fingerprint density at radius 2 is 1.77 bits per heavy atom. The number of rotatable bonds is 2. The zero-order chi connectivity index (χ0) is 15.7. The number of halogens is 1. The zero-order valence-electron chi connectivity index (χ0n) is 12.6. The molecule has 2 aromatic rings. The Balaban J connectivity index is 1.92. The van der Waals surface area contributed by atoms with E-state index >= 15 is 0 Å². The molecule has 4 heteroatoms. The first-order valence-electron chi connectivity index (χ1n) is 7.24. The van der Waals surface area contributed by atoms with E-state index in [0.29, 0.717) is 6.42 Å². The van der Waals surface area contributed by atoms with Crippen molar-refractivity contribution in [2.75, 3.05) is 0 Å². The highest BCUT2D eigenvalue weighted by molar-refractivity contribution is 6.03. The highest BCUT2D eigenvalue weighted by Crippen LogP contribution is 2.32. The molecule has 0 radical (unpaired) electrons. The van der Waals surface area contributed by atoms with Crippen LogP contribution in [0.3, 0.4) is 0 Å². The third-order valence-electron chi connectivity index (χ3n) is 3.87. The average Bonchev–Trinajstić information content (AvgIpc) is 2.94. The summed E-state index contributed by atoms with van der Waals surface area (Å²) >= 11 is 0. The van der Waals surface area contributed by atoms with Crippen LogP contribution in [0.2, 0.25) is 0 Å². The fraction of sp³-hybridized carbons (Fsp3) is 0.222. The molecule has 0 saturated carbocycles. The first-order chi connectivity index (χ1) is 10.5. The van der Waals surface area contributed by atoms with Gasteiger partial charge in [0.25, 0.3) is 0 Å². The van der Waals surface area contributed by atoms with Crippen molar-refractivity contribution < 1.29 is 9.18 Å². The summed E-state index contributed by atoms with van der Waals surface area (Å²) in [6, 6.07) is 14.2. The summed E-state index contributed by atoms with van der Waals surface area (Å²) in [5, 5.41) is 5.96. The van der Waals surface area contributed by atoms with Gasteiger partial charge in [0.1, 0.15) is 5.82 Å². The maximum atomic E-state index is 13.1. The first-order valence-corrected chi connectivity index (χ1v) is 7.24. The van der Waals surface area contributed by atoms with Gasteiger partial charge in [-0.25, -0.2) is 9.40 Å². The molecule has 0 saturated heterocycles. The molecule has 0 spiro atoms. The molecule has 2 aromatic carbocycles. The largest absolute Gasteiger partial charge is 0.273 e. The maximum Gasteiger partial charge on any atom is 0.240 e. The van der Waals surface area contributed by atoms with E-state index in [1.54, 1.807) is 12.1 Å². The molecule has 3 nitrogen and oxygen atoms in total. The van der Waals surface area contributed by atoms with Crippen LogP contribution in [0, 0.1) is 12.7 Å². The summed E-state index contributed by atoms with van der Waals surface area (Å²) in [6.45, 7) is 3.54. The van der Waals surface area contributed by atoms with Crippen LogP contribution in [0.15, 0.2) is 53.6 Å². The standard InChI is InChI=1S/C18H17FN2O/c1-12-3-5-15(6-4-12)18-11-17(20-21(18)13(2)22)14-7-9-16(19)10-8-14/h3-10,18H,11H2,1-2H3/t18-/m0/s1. The molecule has 0 bridgehead atoms. The third kappa shape index (κ3) is 2.77. The van der Waals surface area contributed by atoms with Crippen LogP contribution in [-0.2, 0) is 4.79 Å². The van der Waals surface area contributed by atoms with Crippen molar-refractivity contribution in [1.82, 2.24) is 5.01 Å². The molecule has 0 aliphatic carbocycles. The fourth-order valence-electron chi connectivity index (χ4n) is 2.67. The zero-order valence-corrected chi connectivity index (χ0v) is 12.6. The number of hydrogen-bond acceptors (Lipinski definition) is 2. The van der Waals surface area contributed by atoms with E-state index in [0.717, 1.165) is 16.8 Å². The minimum Gasteiger partial charge on any atom is -0.273 e. The van der Waals surface area contributed by atoms with Crippen LogP contribution in [0.1, 0.15) is 36.1 Å². The summed E-state index contributed by atoms with van der Waals surface area (Å²) in [7, 11) is 0. The number of benzene rings is 2. The number of carbonyl (C=O) groups excluding carboxylic acids is 1. The van der Waals surface area contributed by atoms with Crippen LogP contribution < -0.4 is 0 Å². The number of carbonyl (C=O) groups is 1. The monoisotopic (exact) mass is 296 g/mol. The molecule has 0 unspecified atom stereocenters. The first kappa shape index (κ1) is 14.4. The SMILES string of the molecule is CC(=O)N1N=C(c2ccc(F)cc2)C[C@H]1c1ccc(C)cc1. The van der Waals surface area contributed by atoms with Crippen molar-refractivity contribution >= 4 is 11.6 Å². The Morgan fingerprint density at radius 1 is 1.14 bits per heavy atom. The summed E-state index contributed by atoms with van der Waals surface area (Å²) < 4.78 is 13.1. The lowest BCUT2D eigenvalue weighted by Crippen LogP contribution is -2.24. The normalized spacial score (nSPS) is 17.5. The number of hydrazone groups is 1. The molecular weight excluding hydrogens is 279 g/mol. The van der Waals surface area contributed by atoms with E-state index in [1.165, 1.54) is 29.6 Å². The summed E-state index contributed by atoms with van der Waals surface area (Å²) in [4.78, 5) is 11.9. The van der Waals surface area contributed by atoms with Crippen molar-refractivity contribution in [2.45, 2.75) is 26.3 Å². The summed E-state index contributed by atoms with van der Waals surface area (Å²) in [5.74, 6) is -0.372. The molecule has 22 heavy (non-hydrogen) atoms. The van der Waals surface area contributed by atoms with Crippen LogP contribution in [0.4, 0.5) is 4.39 Å². The van der Waals surface area contributed by atoms with Gasteiger partial charge in [-0.15, -0.1) is 0 Å².